The van der Waals surface area contributed by atoms with E-state index in [0.29, 0.717) is 18.1 Å². The van der Waals surface area contributed by atoms with Gasteiger partial charge >= 0.3 is 0 Å². The summed E-state index contributed by atoms with van der Waals surface area (Å²) in [6, 6.07) is 12.5. The van der Waals surface area contributed by atoms with Gasteiger partial charge in [0.15, 0.2) is 0 Å². The molecular weight excluding hydrogens is 302 g/mol. The quantitative estimate of drug-likeness (QED) is 0.634. The largest absolute Gasteiger partial charge is 0.467 e. The smallest absolute Gasteiger partial charge is 0.263 e. The molecule has 0 aliphatic carbocycles. The molecule has 6 heteroatoms. The molecule has 22 heavy (non-hydrogen) atoms. The Morgan fingerprint density at radius 1 is 1.27 bits per heavy atom. The van der Waals surface area contributed by atoms with E-state index in [1.54, 1.807) is 30.5 Å². The molecule has 1 heterocycles. The zero-order valence-corrected chi connectivity index (χ0v) is 12.4. The maximum atomic E-state index is 11.9. The summed E-state index contributed by atoms with van der Waals surface area (Å²) in [5, 5.41) is 15.2. The SMILES string of the molecule is N#C/C(=C/NCc1ccco1)C(=O)NCc1ccc(Cl)cc1. The Morgan fingerprint density at radius 3 is 2.68 bits per heavy atom. The molecule has 0 unspecified atom stereocenters. The molecule has 112 valence electrons. The van der Waals surface area contributed by atoms with Crippen LogP contribution in [0.15, 0.2) is 58.9 Å². The van der Waals surface area contributed by atoms with Crippen molar-refractivity contribution in [1.29, 1.82) is 5.26 Å². The zero-order valence-electron chi connectivity index (χ0n) is 11.7. The standard InChI is InChI=1S/C16H14ClN3O2/c17-14-5-3-12(4-6-14)9-20-16(21)13(8-18)10-19-11-15-2-1-7-22-15/h1-7,10,19H,9,11H2,(H,20,21)/b13-10-. The molecule has 0 radical (unpaired) electrons. The van der Waals surface area contributed by atoms with Gasteiger partial charge in [0, 0.05) is 17.8 Å². The molecule has 0 aliphatic rings. The second-order valence-corrected chi connectivity index (χ2v) is 4.88. The van der Waals surface area contributed by atoms with Gasteiger partial charge in [0.2, 0.25) is 0 Å². The molecule has 0 bridgehead atoms. The number of nitrogens with one attached hydrogen (secondary N) is 2. The van der Waals surface area contributed by atoms with E-state index in [2.05, 4.69) is 10.6 Å². The average Bonchev–Trinajstić information content (AvgIpc) is 3.04. The van der Waals surface area contributed by atoms with Crippen molar-refractivity contribution >= 4 is 17.5 Å². The lowest BCUT2D eigenvalue weighted by Crippen LogP contribution is -2.25. The molecule has 0 saturated heterocycles. The van der Waals surface area contributed by atoms with Crippen LogP contribution in [0.5, 0.6) is 0 Å². The van der Waals surface area contributed by atoms with Gasteiger partial charge < -0.3 is 15.1 Å². The van der Waals surface area contributed by atoms with Gasteiger partial charge in [-0.05, 0) is 29.8 Å². The Kier molecular flexibility index (Phi) is 5.64. The van der Waals surface area contributed by atoms with Crippen LogP contribution in [-0.4, -0.2) is 5.91 Å². The molecule has 2 aromatic rings. The van der Waals surface area contributed by atoms with Gasteiger partial charge in [0.25, 0.3) is 5.91 Å². The second-order valence-electron chi connectivity index (χ2n) is 4.44. The van der Waals surface area contributed by atoms with Crippen LogP contribution in [0.1, 0.15) is 11.3 Å². The van der Waals surface area contributed by atoms with Crippen LogP contribution in [-0.2, 0) is 17.9 Å². The minimum absolute atomic E-state index is 0.000481. The third-order valence-corrected chi connectivity index (χ3v) is 3.09. The van der Waals surface area contributed by atoms with Crippen molar-refractivity contribution in [3.05, 3.63) is 70.8 Å². The van der Waals surface area contributed by atoms with Gasteiger partial charge in [0.05, 0.1) is 12.8 Å². The minimum Gasteiger partial charge on any atom is -0.467 e. The molecule has 5 nitrogen and oxygen atoms in total. The first-order chi connectivity index (χ1) is 10.7. The lowest BCUT2D eigenvalue weighted by molar-refractivity contribution is -0.117. The predicted octanol–water partition coefficient (Wildman–Crippen LogP) is 2.75. The van der Waals surface area contributed by atoms with Crippen LogP contribution in [0.3, 0.4) is 0 Å². The highest BCUT2D eigenvalue weighted by molar-refractivity contribution is 6.30. The van der Waals surface area contributed by atoms with Gasteiger partial charge in [-0.1, -0.05) is 23.7 Å². The van der Waals surface area contributed by atoms with Crippen molar-refractivity contribution in [2.75, 3.05) is 0 Å². The number of nitriles is 1. The lowest BCUT2D eigenvalue weighted by Gasteiger charge is -2.05. The number of furan rings is 1. The van der Waals surface area contributed by atoms with Crippen LogP contribution in [0.25, 0.3) is 0 Å². The van der Waals surface area contributed by atoms with E-state index in [1.807, 2.05) is 18.2 Å². The van der Waals surface area contributed by atoms with Crippen molar-refractivity contribution in [3.63, 3.8) is 0 Å². The highest BCUT2D eigenvalue weighted by Gasteiger charge is 2.08. The maximum Gasteiger partial charge on any atom is 0.263 e. The summed E-state index contributed by atoms with van der Waals surface area (Å²) in [7, 11) is 0. The number of nitrogens with zero attached hydrogens (tertiary/aromatic N) is 1. The first-order valence-corrected chi connectivity index (χ1v) is 6.95. The second kappa shape index (κ2) is 7.91. The zero-order chi connectivity index (χ0) is 15.8. The summed E-state index contributed by atoms with van der Waals surface area (Å²) in [6.07, 6.45) is 2.93. The number of hydrogen-bond acceptors (Lipinski definition) is 4. The molecule has 2 rings (SSSR count). The summed E-state index contributed by atoms with van der Waals surface area (Å²) < 4.78 is 5.14. The summed E-state index contributed by atoms with van der Waals surface area (Å²) in [4.78, 5) is 11.9. The van der Waals surface area contributed by atoms with Gasteiger partial charge in [-0.25, -0.2) is 0 Å². The van der Waals surface area contributed by atoms with Crippen LogP contribution in [0, 0.1) is 11.3 Å². The highest BCUT2D eigenvalue weighted by Crippen LogP contribution is 2.09. The Hall–Kier alpha value is -2.71. The van der Waals surface area contributed by atoms with E-state index in [4.69, 9.17) is 21.3 Å². The normalized spacial score (nSPS) is 10.8. The first-order valence-electron chi connectivity index (χ1n) is 6.57. The molecule has 1 aromatic carbocycles. The monoisotopic (exact) mass is 315 g/mol. The molecule has 0 aliphatic heterocycles. The topological polar surface area (TPSA) is 78.1 Å². The molecule has 1 aromatic heterocycles. The number of amides is 1. The van der Waals surface area contributed by atoms with Gasteiger partial charge in [-0.3, -0.25) is 4.79 Å². The fourth-order valence-electron chi connectivity index (χ4n) is 1.70. The van der Waals surface area contributed by atoms with Crippen LogP contribution < -0.4 is 10.6 Å². The van der Waals surface area contributed by atoms with Crippen molar-refractivity contribution < 1.29 is 9.21 Å². The first kappa shape index (κ1) is 15.7. The van der Waals surface area contributed by atoms with Gasteiger partial charge in [0.1, 0.15) is 17.4 Å². The number of benzene rings is 1. The van der Waals surface area contributed by atoms with Crippen molar-refractivity contribution in [1.82, 2.24) is 10.6 Å². The number of rotatable bonds is 6. The fourth-order valence-corrected chi connectivity index (χ4v) is 1.82. The highest BCUT2D eigenvalue weighted by atomic mass is 35.5. The van der Waals surface area contributed by atoms with Crippen molar-refractivity contribution in [2.45, 2.75) is 13.1 Å². The summed E-state index contributed by atoms with van der Waals surface area (Å²) in [5.74, 6) is 0.277. The van der Waals surface area contributed by atoms with E-state index in [0.717, 1.165) is 11.3 Å². The Labute approximate surface area is 133 Å². The molecule has 0 fully saturated rings. The molecule has 0 saturated carbocycles. The van der Waals surface area contributed by atoms with Crippen molar-refractivity contribution in [2.24, 2.45) is 0 Å². The molecule has 0 atom stereocenters. The minimum atomic E-state index is -0.440. The Morgan fingerprint density at radius 2 is 2.05 bits per heavy atom. The average molecular weight is 316 g/mol. The van der Waals surface area contributed by atoms with E-state index in [1.165, 1.54) is 6.20 Å². The predicted molar refractivity (Wildman–Crippen MR) is 82.5 cm³/mol. The van der Waals surface area contributed by atoms with Gasteiger partial charge in [-0.15, -0.1) is 0 Å². The van der Waals surface area contributed by atoms with Crippen LogP contribution >= 0.6 is 11.6 Å². The maximum absolute atomic E-state index is 11.9. The molecule has 2 N–H and O–H groups in total. The number of halogens is 1. The third kappa shape index (κ3) is 4.69. The molecule has 1 amide bonds. The summed E-state index contributed by atoms with van der Waals surface area (Å²) in [6.45, 7) is 0.732. The third-order valence-electron chi connectivity index (χ3n) is 2.83. The fraction of sp³-hybridized carbons (Fsp3) is 0.125. The van der Waals surface area contributed by atoms with E-state index >= 15 is 0 Å². The lowest BCUT2D eigenvalue weighted by atomic mass is 10.2. The summed E-state index contributed by atoms with van der Waals surface area (Å²) in [5.41, 5.74) is 0.902. The van der Waals surface area contributed by atoms with Crippen LogP contribution in [0.2, 0.25) is 5.02 Å². The Bertz CT molecular complexity index is 685. The summed E-state index contributed by atoms with van der Waals surface area (Å²) >= 11 is 5.79. The van der Waals surface area contributed by atoms with Crippen LogP contribution in [0.4, 0.5) is 0 Å². The van der Waals surface area contributed by atoms with E-state index < -0.39 is 5.91 Å². The number of carbonyl (C=O) groups is 1. The number of carbonyl (C=O) groups excluding carboxylic acids is 1. The van der Waals surface area contributed by atoms with Crippen molar-refractivity contribution in [3.8, 4) is 6.07 Å². The Balaban J connectivity index is 1.85. The van der Waals surface area contributed by atoms with E-state index in [-0.39, 0.29) is 5.57 Å². The molecule has 0 spiro atoms. The van der Waals surface area contributed by atoms with Gasteiger partial charge in [-0.2, -0.15) is 5.26 Å². The molecular formula is C16H14ClN3O2. The van der Waals surface area contributed by atoms with E-state index in [9.17, 15) is 4.79 Å². The number of hydrogen-bond donors (Lipinski definition) is 2.